The largest absolute Gasteiger partial charge is 0.463 e. The van der Waals surface area contributed by atoms with E-state index in [1.54, 1.807) is 25.1 Å². The number of nitrogens with one attached hydrogen (secondary N) is 1. The van der Waals surface area contributed by atoms with E-state index in [-0.39, 0.29) is 39.6 Å². The zero-order valence-electron chi connectivity index (χ0n) is 19.2. The molecule has 0 saturated carbocycles. The molecule has 0 aliphatic carbocycles. The fourth-order valence-corrected chi connectivity index (χ4v) is 5.71. The topological polar surface area (TPSA) is 96.3 Å². The summed E-state index contributed by atoms with van der Waals surface area (Å²) in [6.07, 6.45) is -4.77. The Morgan fingerprint density at radius 3 is 2.34 bits per heavy atom. The Balaban J connectivity index is 2.30. The fourth-order valence-electron chi connectivity index (χ4n) is 4.10. The highest BCUT2D eigenvalue weighted by Crippen LogP contribution is 2.44. The molecule has 184 valence electrons. The molecule has 0 fully saturated rings. The number of halogens is 3. The number of sulfone groups is 1. The highest BCUT2D eigenvalue weighted by Gasteiger charge is 2.42. The second-order valence-corrected chi connectivity index (χ2v) is 9.89. The van der Waals surface area contributed by atoms with Crippen molar-refractivity contribution in [3.05, 3.63) is 87.8 Å². The van der Waals surface area contributed by atoms with Crippen LogP contribution in [0.1, 0.15) is 36.5 Å². The Morgan fingerprint density at radius 2 is 1.74 bits per heavy atom. The van der Waals surface area contributed by atoms with Crippen molar-refractivity contribution in [1.29, 1.82) is 5.26 Å². The molecule has 1 heterocycles. The molecule has 1 N–H and O–H groups in total. The summed E-state index contributed by atoms with van der Waals surface area (Å²) in [6.45, 7) is 4.48. The van der Waals surface area contributed by atoms with Gasteiger partial charge in [-0.3, -0.25) is 0 Å². The van der Waals surface area contributed by atoms with E-state index in [9.17, 15) is 31.6 Å². The maximum atomic E-state index is 13.9. The van der Waals surface area contributed by atoms with Crippen molar-refractivity contribution in [3.63, 3.8) is 0 Å². The summed E-state index contributed by atoms with van der Waals surface area (Å²) in [7, 11) is -4.02. The van der Waals surface area contributed by atoms with Crippen LogP contribution in [0.25, 0.3) is 0 Å². The predicted octanol–water partition coefficient (Wildman–Crippen LogP) is 4.79. The lowest BCUT2D eigenvalue weighted by Gasteiger charge is -2.31. The van der Waals surface area contributed by atoms with Crippen LogP contribution < -0.4 is 5.32 Å². The number of aryl methyl sites for hydroxylation is 1. The quantitative estimate of drug-likeness (QED) is 0.569. The molecule has 0 bridgehead atoms. The van der Waals surface area contributed by atoms with Crippen LogP contribution in [0.5, 0.6) is 0 Å². The van der Waals surface area contributed by atoms with E-state index in [2.05, 4.69) is 5.32 Å². The molecule has 1 aliphatic heterocycles. The van der Waals surface area contributed by atoms with Gasteiger partial charge in [0.05, 0.1) is 46.0 Å². The van der Waals surface area contributed by atoms with Crippen LogP contribution in [0, 0.1) is 18.3 Å². The summed E-state index contributed by atoms with van der Waals surface area (Å²) in [5, 5.41) is 12.6. The number of nitrogens with zero attached hydrogens (tertiary/aromatic N) is 1. The van der Waals surface area contributed by atoms with Gasteiger partial charge in [-0.15, -0.1) is 0 Å². The Hall–Kier alpha value is -3.58. The third-order valence-electron chi connectivity index (χ3n) is 5.60. The van der Waals surface area contributed by atoms with Crippen molar-refractivity contribution in [1.82, 2.24) is 5.32 Å². The standard InChI is InChI=1S/C25H23F3N2O4S/c1-4-34-24(31)23-20(14-35(32,33)21-12-8-5-9-15(21)2)30-16(3)18(13-29)22(23)17-10-6-7-11-19(17)25(26,27)28/h5-12,22,30H,4,14H2,1-3H3. The first-order valence-electron chi connectivity index (χ1n) is 10.6. The van der Waals surface area contributed by atoms with Gasteiger partial charge in [0, 0.05) is 11.4 Å². The number of hydrogen-bond acceptors (Lipinski definition) is 6. The average Bonchev–Trinajstić information content (AvgIpc) is 2.78. The van der Waals surface area contributed by atoms with Gasteiger partial charge in [-0.05, 0) is 44.0 Å². The summed E-state index contributed by atoms with van der Waals surface area (Å²) in [6, 6.07) is 12.7. The smallest absolute Gasteiger partial charge is 0.416 e. The van der Waals surface area contributed by atoms with Gasteiger partial charge in [-0.1, -0.05) is 36.4 Å². The van der Waals surface area contributed by atoms with Crippen molar-refractivity contribution >= 4 is 15.8 Å². The molecular formula is C25H23F3N2O4S. The number of carbonyl (C=O) groups excluding carboxylic acids is 1. The SMILES string of the molecule is CCOC(=O)C1=C(CS(=O)(=O)c2ccccc2C)NC(C)=C(C#N)C1c1ccccc1C(F)(F)F. The van der Waals surface area contributed by atoms with Gasteiger partial charge < -0.3 is 10.1 Å². The molecule has 35 heavy (non-hydrogen) atoms. The van der Waals surface area contributed by atoms with E-state index in [0.717, 1.165) is 6.07 Å². The van der Waals surface area contributed by atoms with Gasteiger partial charge in [-0.25, -0.2) is 13.2 Å². The van der Waals surface area contributed by atoms with Gasteiger partial charge in [0.15, 0.2) is 9.84 Å². The lowest BCUT2D eigenvalue weighted by atomic mass is 9.79. The molecule has 0 spiro atoms. The van der Waals surface area contributed by atoms with Gasteiger partial charge in [0.1, 0.15) is 0 Å². The lowest BCUT2D eigenvalue weighted by Crippen LogP contribution is -2.33. The zero-order chi connectivity index (χ0) is 26.0. The number of alkyl halides is 3. The summed E-state index contributed by atoms with van der Waals surface area (Å²) < 4.78 is 73.4. The molecule has 10 heteroatoms. The number of rotatable bonds is 6. The van der Waals surface area contributed by atoms with E-state index in [1.807, 2.05) is 6.07 Å². The van der Waals surface area contributed by atoms with E-state index >= 15 is 0 Å². The van der Waals surface area contributed by atoms with Crippen LogP contribution in [-0.4, -0.2) is 26.7 Å². The van der Waals surface area contributed by atoms with Crippen molar-refractivity contribution in [2.75, 3.05) is 12.4 Å². The summed E-state index contributed by atoms with van der Waals surface area (Å²) in [5.74, 6) is -3.18. The van der Waals surface area contributed by atoms with Crippen molar-refractivity contribution < 1.29 is 31.1 Å². The lowest BCUT2D eigenvalue weighted by molar-refractivity contribution is -0.140. The van der Waals surface area contributed by atoms with E-state index < -0.39 is 39.2 Å². The van der Waals surface area contributed by atoms with E-state index in [4.69, 9.17) is 4.74 Å². The van der Waals surface area contributed by atoms with Crippen LogP contribution in [-0.2, 0) is 25.5 Å². The number of ether oxygens (including phenoxy) is 1. The molecule has 3 rings (SSSR count). The van der Waals surface area contributed by atoms with Crippen molar-refractivity contribution in [2.45, 2.75) is 37.8 Å². The minimum atomic E-state index is -4.77. The Bertz CT molecular complexity index is 1370. The molecule has 1 unspecified atom stereocenters. The maximum absolute atomic E-state index is 13.9. The average molecular weight is 505 g/mol. The summed E-state index contributed by atoms with van der Waals surface area (Å²) in [5.41, 5.74) is -1.36. The van der Waals surface area contributed by atoms with Gasteiger partial charge >= 0.3 is 12.1 Å². The van der Waals surface area contributed by atoms with Crippen LogP contribution in [0.3, 0.4) is 0 Å². The highest BCUT2D eigenvalue weighted by atomic mass is 32.2. The number of carbonyl (C=O) groups is 1. The number of allylic oxidation sites excluding steroid dienone is 2. The number of benzene rings is 2. The molecular weight excluding hydrogens is 481 g/mol. The molecule has 0 amide bonds. The first kappa shape index (κ1) is 26.0. The van der Waals surface area contributed by atoms with Crippen molar-refractivity contribution in [3.8, 4) is 6.07 Å². The molecule has 6 nitrogen and oxygen atoms in total. The van der Waals surface area contributed by atoms with E-state index in [0.29, 0.717) is 5.56 Å². The molecule has 0 aromatic heterocycles. The fraction of sp³-hybridized carbons (Fsp3) is 0.280. The molecule has 1 atom stereocenters. The Morgan fingerprint density at radius 1 is 1.11 bits per heavy atom. The van der Waals surface area contributed by atoms with Gasteiger partial charge in [0.2, 0.25) is 0 Å². The number of nitriles is 1. The molecule has 0 radical (unpaired) electrons. The summed E-state index contributed by atoms with van der Waals surface area (Å²) >= 11 is 0. The minimum absolute atomic E-state index is 0.0254. The molecule has 2 aromatic rings. The van der Waals surface area contributed by atoms with Gasteiger partial charge in [-0.2, -0.15) is 18.4 Å². The second-order valence-electron chi connectivity index (χ2n) is 7.93. The Labute approximate surface area is 201 Å². The normalized spacial score (nSPS) is 16.5. The van der Waals surface area contributed by atoms with E-state index in [1.165, 1.54) is 38.1 Å². The van der Waals surface area contributed by atoms with Crippen LogP contribution in [0.15, 0.2) is 76.0 Å². The highest BCUT2D eigenvalue weighted by molar-refractivity contribution is 7.91. The molecule has 2 aromatic carbocycles. The molecule has 1 aliphatic rings. The maximum Gasteiger partial charge on any atom is 0.416 e. The monoisotopic (exact) mass is 504 g/mol. The Kier molecular flexibility index (Phi) is 7.41. The molecule has 0 saturated heterocycles. The first-order valence-corrected chi connectivity index (χ1v) is 12.3. The first-order chi connectivity index (χ1) is 16.4. The number of hydrogen-bond donors (Lipinski definition) is 1. The predicted molar refractivity (Wildman–Crippen MR) is 123 cm³/mol. The number of dihydropyridines is 1. The van der Waals surface area contributed by atoms with Gasteiger partial charge in [0.25, 0.3) is 0 Å². The summed E-state index contributed by atoms with van der Waals surface area (Å²) in [4.78, 5) is 13.1. The minimum Gasteiger partial charge on any atom is -0.463 e. The number of esters is 1. The third-order valence-corrected chi connectivity index (χ3v) is 7.40. The van der Waals surface area contributed by atoms with Crippen LogP contribution in [0.2, 0.25) is 0 Å². The van der Waals surface area contributed by atoms with Crippen LogP contribution in [0.4, 0.5) is 13.2 Å². The zero-order valence-corrected chi connectivity index (χ0v) is 20.0. The second kappa shape index (κ2) is 9.96. The van der Waals surface area contributed by atoms with Crippen LogP contribution >= 0.6 is 0 Å². The van der Waals surface area contributed by atoms with Crippen molar-refractivity contribution in [2.24, 2.45) is 0 Å². The third kappa shape index (κ3) is 5.25.